The average molecular weight is 274 g/mol. The van der Waals surface area contributed by atoms with E-state index in [4.69, 9.17) is 18.1 Å². The highest BCUT2D eigenvalue weighted by Crippen LogP contribution is 2.26. The van der Waals surface area contributed by atoms with E-state index in [2.05, 4.69) is 40.4 Å². The van der Waals surface area contributed by atoms with Crippen LogP contribution in [-0.2, 0) is 12.8 Å². The molecule has 2 heterocycles. The molecule has 100 valence electrons. The normalized spacial score (nSPS) is 15.2. The number of hydrogen-bond donors (Lipinski definition) is 3. The summed E-state index contributed by atoms with van der Waals surface area (Å²) >= 11 is 5.22. The molecule has 0 amide bonds. The zero-order valence-corrected chi connectivity index (χ0v) is 11.8. The largest absolute Gasteiger partial charge is 0.358 e. The second-order valence-corrected chi connectivity index (χ2v) is 5.45. The Kier molecular flexibility index (Phi) is 3.16. The second-order valence-electron chi connectivity index (χ2n) is 5.07. The van der Waals surface area contributed by atoms with Crippen LogP contribution in [0, 0.1) is 6.92 Å². The molecule has 5 heteroatoms. The van der Waals surface area contributed by atoms with Gasteiger partial charge in [-0.05, 0) is 43.3 Å². The first-order chi connectivity index (χ1) is 9.19. The third-order valence-electron chi connectivity index (χ3n) is 3.82. The van der Waals surface area contributed by atoms with Gasteiger partial charge in [-0.1, -0.05) is 11.6 Å². The van der Waals surface area contributed by atoms with E-state index in [0.29, 0.717) is 5.11 Å². The number of rotatable bonds is 0. The van der Waals surface area contributed by atoms with E-state index in [9.17, 15) is 0 Å². The van der Waals surface area contributed by atoms with Gasteiger partial charge in [-0.15, -0.1) is 0 Å². The number of thiocarbonyl (C=S) groups is 1. The SMILES string of the molecule is Cc1ccc2[nH]c3c(c2c1)CCN(C(=S)NN)CC3. The van der Waals surface area contributed by atoms with Crippen LogP contribution in [-0.4, -0.2) is 28.1 Å². The summed E-state index contributed by atoms with van der Waals surface area (Å²) in [5.41, 5.74) is 7.88. The number of nitrogens with one attached hydrogen (secondary N) is 2. The van der Waals surface area contributed by atoms with Gasteiger partial charge in [0.05, 0.1) is 0 Å². The highest BCUT2D eigenvalue weighted by atomic mass is 32.1. The van der Waals surface area contributed by atoms with Crippen molar-refractivity contribution in [2.24, 2.45) is 5.84 Å². The Balaban J connectivity index is 1.96. The van der Waals surface area contributed by atoms with Crippen molar-refractivity contribution in [2.45, 2.75) is 19.8 Å². The fourth-order valence-electron chi connectivity index (χ4n) is 2.82. The first kappa shape index (κ1) is 12.4. The van der Waals surface area contributed by atoms with Gasteiger partial charge in [-0.25, -0.2) is 5.84 Å². The number of nitrogens with two attached hydrogens (primary N) is 1. The lowest BCUT2D eigenvalue weighted by Crippen LogP contribution is -2.44. The number of hydrazine groups is 1. The van der Waals surface area contributed by atoms with Crippen LogP contribution < -0.4 is 11.3 Å². The lowest BCUT2D eigenvalue weighted by Gasteiger charge is -2.22. The number of aryl methyl sites for hydroxylation is 1. The smallest absolute Gasteiger partial charge is 0.183 e. The summed E-state index contributed by atoms with van der Waals surface area (Å²) in [7, 11) is 0. The first-order valence-electron chi connectivity index (χ1n) is 6.54. The molecule has 0 unspecified atom stereocenters. The van der Waals surface area contributed by atoms with Crippen molar-refractivity contribution >= 4 is 28.2 Å². The number of nitrogens with zero attached hydrogens (tertiary/aromatic N) is 1. The van der Waals surface area contributed by atoms with Crippen molar-refractivity contribution in [3.8, 4) is 0 Å². The molecule has 1 aliphatic rings. The van der Waals surface area contributed by atoms with Crippen LogP contribution in [0.3, 0.4) is 0 Å². The zero-order chi connectivity index (χ0) is 13.4. The maximum atomic E-state index is 5.40. The third-order valence-corrected chi connectivity index (χ3v) is 4.20. The summed E-state index contributed by atoms with van der Waals surface area (Å²) in [6.45, 7) is 3.95. The van der Waals surface area contributed by atoms with E-state index in [0.717, 1.165) is 25.9 Å². The highest BCUT2D eigenvalue weighted by Gasteiger charge is 2.19. The van der Waals surface area contributed by atoms with E-state index in [1.165, 1.54) is 27.7 Å². The zero-order valence-electron chi connectivity index (χ0n) is 11.0. The van der Waals surface area contributed by atoms with E-state index in [1.807, 2.05) is 0 Å². The van der Waals surface area contributed by atoms with Crippen molar-refractivity contribution in [3.05, 3.63) is 35.0 Å². The van der Waals surface area contributed by atoms with Gasteiger partial charge < -0.3 is 15.3 Å². The predicted octanol–water partition coefficient (Wildman–Crippen LogP) is 1.63. The summed E-state index contributed by atoms with van der Waals surface area (Å²) < 4.78 is 0. The summed E-state index contributed by atoms with van der Waals surface area (Å²) in [5, 5.41) is 1.98. The topological polar surface area (TPSA) is 57.1 Å². The quantitative estimate of drug-likeness (QED) is 0.388. The minimum absolute atomic E-state index is 0.630. The Hall–Kier alpha value is -1.59. The molecule has 4 nitrogen and oxygen atoms in total. The van der Waals surface area contributed by atoms with Gasteiger partial charge in [0.15, 0.2) is 5.11 Å². The van der Waals surface area contributed by atoms with E-state index in [1.54, 1.807) is 0 Å². The van der Waals surface area contributed by atoms with Crippen LogP contribution in [0.25, 0.3) is 10.9 Å². The second kappa shape index (κ2) is 4.83. The molecule has 2 aromatic rings. The standard InChI is InChI=1S/C14H18N4S/c1-9-2-3-12-11(8-9)10-4-6-18(14(19)17-15)7-5-13(10)16-12/h2-3,8,16H,4-7,15H2,1H3,(H,17,19). The van der Waals surface area contributed by atoms with Gasteiger partial charge in [0.1, 0.15) is 0 Å². The average Bonchev–Trinajstić information content (AvgIpc) is 2.62. The van der Waals surface area contributed by atoms with E-state index in [-0.39, 0.29) is 0 Å². The molecule has 0 radical (unpaired) electrons. The molecule has 1 aromatic carbocycles. The van der Waals surface area contributed by atoms with E-state index >= 15 is 0 Å². The molecular formula is C14H18N4S. The van der Waals surface area contributed by atoms with Gasteiger partial charge in [0, 0.05) is 36.1 Å². The van der Waals surface area contributed by atoms with Crippen LogP contribution in [0.4, 0.5) is 0 Å². The number of aromatic nitrogens is 1. The molecule has 0 saturated carbocycles. The fourth-order valence-corrected chi connectivity index (χ4v) is 3.00. The molecule has 0 spiro atoms. The molecule has 3 rings (SSSR count). The van der Waals surface area contributed by atoms with Crippen LogP contribution in [0.15, 0.2) is 18.2 Å². The molecule has 0 atom stereocenters. The van der Waals surface area contributed by atoms with E-state index < -0.39 is 0 Å². The Morgan fingerprint density at radius 1 is 1.37 bits per heavy atom. The Bertz CT molecular complexity index is 632. The molecule has 1 aromatic heterocycles. The monoisotopic (exact) mass is 274 g/mol. The molecule has 0 bridgehead atoms. The maximum Gasteiger partial charge on any atom is 0.183 e. The van der Waals surface area contributed by atoms with Crippen molar-refractivity contribution in [1.82, 2.24) is 15.3 Å². The van der Waals surface area contributed by atoms with Gasteiger partial charge in [-0.3, -0.25) is 0 Å². The Morgan fingerprint density at radius 3 is 2.95 bits per heavy atom. The fraction of sp³-hybridized carbons (Fsp3) is 0.357. The van der Waals surface area contributed by atoms with Crippen LogP contribution in [0.5, 0.6) is 0 Å². The lowest BCUT2D eigenvalue weighted by atomic mass is 10.1. The van der Waals surface area contributed by atoms with Crippen molar-refractivity contribution in [1.29, 1.82) is 0 Å². The summed E-state index contributed by atoms with van der Waals surface area (Å²) in [5.74, 6) is 5.40. The maximum absolute atomic E-state index is 5.40. The Morgan fingerprint density at radius 2 is 2.16 bits per heavy atom. The molecule has 19 heavy (non-hydrogen) atoms. The molecular weight excluding hydrogens is 256 g/mol. The third kappa shape index (κ3) is 2.19. The number of aromatic amines is 1. The summed E-state index contributed by atoms with van der Waals surface area (Å²) in [6.07, 6.45) is 1.98. The van der Waals surface area contributed by atoms with Crippen molar-refractivity contribution in [2.75, 3.05) is 13.1 Å². The highest BCUT2D eigenvalue weighted by molar-refractivity contribution is 7.80. The molecule has 0 saturated heterocycles. The molecule has 0 aliphatic carbocycles. The Labute approximate surface area is 117 Å². The minimum Gasteiger partial charge on any atom is -0.358 e. The van der Waals surface area contributed by atoms with Crippen molar-refractivity contribution in [3.63, 3.8) is 0 Å². The number of fused-ring (bicyclic) bond motifs is 3. The van der Waals surface area contributed by atoms with Gasteiger partial charge in [-0.2, -0.15) is 0 Å². The predicted molar refractivity (Wildman–Crippen MR) is 81.9 cm³/mol. The van der Waals surface area contributed by atoms with Crippen molar-refractivity contribution < 1.29 is 0 Å². The molecule has 0 fully saturated rings. The summed E-state index contributed by atoms with van der Waals surface area (Å²) in [6, 6.07) is 6.58. The molecule has 1 aliphatic heterocycles. The van der Waals surface area contributed by atoms with Gasteiger partial charge in [0.2, 0.25) is 0 Å². The minimum atomic E-state index is 0.630. The molecule has 4 N–H and O–H groups in total. The van der Waals surface area contributed by atoms with Gasteiger partial charge >= 0.3 is 0 Å². The summed E-state index contributed by atoms with van der Waals surface area (Å²) in [4.78, 5) is 5.67. The lowest BCUT2D eigenvalue weighted by molar-refractivity contribution is 0.431. The van der Waals surface area contributed by atoms with Crippen LogP contribution in [0.1, 0.15) is 16.8 Å². The van der Waals surface area contributed by atoms with Gasteiger partial charge in [0.25, 0.3) is 0 Å². The number of H-pyrrole nitrogens is 1. The first-order valence-corrected chi connectivity index (χ1v) is 6.95. The number of hydrogen-bond acceptors (Lipinski definition) is 2. The number of benzene rings is 1. The van der Waals surface area contributed by atoms with Crippen LogP contribution in [0.2, 0.25) is 0 Å². The van der Waals surface area contributed by atoms with Crippen LogP contribution >= 0.6 is 12.2 Å².